The lowest BCUT2D eigenvalue weighted by molar-refractivity contribution is -0.113. The first kappa shape index (κ1) is 22.6. The van der Waals surface area contributed by atoms with Crippen LogP contribution in [0.2, 0.25) is 0 Å². The van der Waals surface area contributed by atoms with Crippen LogP contribution in [0.25, 0.3) is 17.0 Å². The average molecular weight is 487 g/mol. The Balaban J connectivity index is 1.58. The molecule has 1 amide bonds. The Bertz CT molecular complexity index is 1500. The van der Waals surface area contributed by atoms with E-state index in [9.17, 15) is 9.18 Å². The van der Waals surface area contributed by atoms with Crippen LogP contribution < -0.4 is 4.90 Å². The fraction of sp³-hybridized carbons (Fsp3) is 0.143. The van der Waals surface area contributed by atoms with Gasteiger partial charge in [0.05, 0.1) is 17.1 Å². The van der Waals surface area contributed by atoms with Gasteiger partial charge in [0.1, 0.15) is 5.82 Å². The van der Waals surface area contributed by atoms with Crippen LogP contribution >= 0.6 is 24.0 Å². The number of hydrogen-bond acceptors (Lipinski definition) is 3. The number of para-hydroxylation sites is 1. The zero-order valence-corrected chi connectivity index (χ0v) is 20.8. The SMILES string of the molecule is Cc1ccc(N2C(=O)/C(=C\c3c(C)n(Cc4ccccc4F)c4ccccc34)SC2=S)c(C)c1. The molecule has 4 aromatic rings. The van der Waals surface area contributed by atoms with Crippen LogP contribution in [0.4, 0.5) is 10.1 Å². The molecule has 3 aromatic carbocycles. The Labute approximate surface area is 207 Å². The molecule has 0 aliphatic carbocycles. The van der Waals surface area contributed by atoms with Crippen LogP contribution in [0.1, 0.15) is 27.9 Å². The van der Waals surface area contributed by atoms with Gasteiger partial charge in [0.25, 0.3) is 5.91 Å². The van der Waals surface area contributed by atoms with Crippen LogP contribution in [0.5, 0.6) is 0 Å². The third kappa shape index (κ3) is 3.87. The summed E-state index contributed by atoms with van der Waals surface area (Å²) in [7, 11) is 0. The highest BCUT2D eigenvalue weighted by Crippen LogP contribution is 2.39. The standard InChI is InChI=1S/C28H23FN2OS2/c1-17-12-13-24(18(2)14-17)31-27(32)26(34-28(31)33)15-22-19(3)30(25-11-7-5-9-21(22)25)16-20-8-4-6-10-23(20)29/h4-15H,16H2,1-3H3/b26-15+. The number of hydrogen-bond donors (Lipinski definition) is 0. The Morgan fingerprint density at radius 2 is 1.74 bits per heavy atom. The second kappa shape index (κ2) is 8.85. The van der Waals surface area contributed by atoms with Gasteiger partial charge in [-0.3, -0.25) is 9.69 Å². The second-order valence-corrected chi connectivity index (χ2v) is 10.2. The van der Waals surface area contributed by atoms with Crippen LogP contribution in [-0.4, -0.2) is 14.8 Å². The quantitative estimate of drug-likeness (QED) is 0.226. The Morgan fingerprint density at radius 1 is 1.00 bits per heavy atom. The number of fused-ring (bicyclic) bond motifs is 1. The number of benzene rings is 3. The van der Waals surface area contributed by atoms with E-state index < -0.39 is 0 Å². The summed E-state index contributed by atoms with van der Waals surface area (Å²) in [6.45, 7) is 6.44. The molecule has 1 aromatic heterocycles. The summed E-state index contributed by atoms with van der Waals surface area (Å²) in [5.74, 6) is -0.345. The number of amides is 1. The van der Waals surface area contributed by atoms with E-state index >= 15 is 0 Å². The van der Waals surface area contributed by atoms with Gasteiger partial charge in [-0.2, -0.15) is 0 Å². The molecule has 0 radical (unpaired) electrons. The molecule has 1 saturated heterocycles. The first-order valence-electron chi connectivity index (χ1n) is 11.0. The monoisotopic (exact) mass is 486 g/mol. The van der Waals surface area contributed by atoms with Gasteiger partial charge in [0.2, 0.25) is 0 Å². The van der Waals surface area contributed by atoms with Crippen molar-refractivity contribution in [2.24, 2.45) is 0 Å². The molecule has 3 nitrogen and oxygen atoms in total. The summed E-state index contributed by atoms with van der Waals surface area (Å²) in [5.41, 5.74) is 6.51. The molecule has 0 saturated carbocycles. The highest BCUT2D eigenvalue weighted by atomic mass is 32.2. The van der Waals surface area contributed by atoms with Gasteiger partial charge in [-0.25, -0.2) is 4.39 Å². The largest absolute Gasteiger partial charge is 0.340 e. The van der Waals surface area contributed by atoms with Crippen molar-refractivity contribution in [3.8, 4) is 0 Å². The molecule has 34 heavy (non-hydrogen) atoms. The summed E-state index contributed by atoms with van der Waals surface area (Å²) in [6.07, 6.45) is 1.93. The number of carbonyl (C=O) groups is 1. The molecule has 170 valence electrons. The number of carbonyl (C=O) groups excluding carboxylic acids is 1. The van der Waals surface area contributed by atoms with Crippen molar-refractivity contribution in [2.75, 3.05) is 4.90 Å². The third-order valence-corrected chi connectivity index (χ3v) is 7.53. The van der Waals surface area contributed by atoms with Gasteiger partial charge >= 0.3 is 0 Å². The van der Waals surface area contributed by atoms with E-state index in [4.69, 9.17) is 12.2 Å². The van der Waals surface area contributed by atoms with E-state index in [0.717, 1.165) is 39.0 Å². The molecule has 1 aliphatic heterocycles. The minimum absolute atomic E-state index is 0.118. The number of anilines is 1. The van der Waals surface area contributed by atoms with E-state index in [1.807, 2.05) is 69.3 Å². The summed E-state index contributed by atoms with van der Waals surface area (Å²) in [5, 5.41) is 1.02. The maximum atomic E-state index is 14.4. The third-order valence-electron chi connectivity index (χ3n) is 6.23. The van der Waals surface area contributed by atoms with E-state index in [0.29, 0.717) is 21.3 Å². The number of halogens is 1. The molecule has 1 fully saturated rings. The number of rotatable bonds is 4. The van der Waals surface area contributed by atoms with Gasteiger partial charge in [-0.1, -0.05) is 78.1 Å². The van der Waals surface area contributed by atoms with Crippen molar-refractivity contribution in [2.45, 2.75) is 27.3 Å². The first-order valence-corrected chi connectivity index (χ1v) is 12.2. The number of aryl methyl sites for hydroxylation is 2. The van der Waals surface area contributed by atoms with Crippen molar-refractivity contribution in [1.29, 1.82) is 0 Å². The van der Waals surface area contributed by atoms with Gasteiger partial charge in [0, 0.05) is 27.7 Å². The molecule has 0 bridgehead atoms. The van der Waals surface area contributed by atoms with E-state index in [1.165, 1.54) is 17.8 Å². The van der Waals surface area contributed by atoms with Crippen LogP contribution in [0.15, 0.2) is 71.6 Å². The van der Waals surface area contributed by atoms with Gasteiger partial charge < -0.3 is 4.57 Å². The lowest BCUT2D eigenvalue weighted by Crippen LogP contribution is -2.28. The zero-order chi connectivity index (χ0) is 24.0. The van der Waals surface area contributed by atoms with Gasteiger partial charge in [-0.05, 0) is 50.6 Å². The number of thiocarbonyl (C=S) groups is 1. The highest BCUT2D eigenvalue weighted by Gasteiger charge is 2.34. The van der Waals surface area contributed by atoms with Crippen molar-refractivity contribution in [3.63, 3.8) is 0 Å². The van der Waals surface area contributed by atoms with Crippen molar-refractivity contribution in [3.05, 3.63) is 105 Å². The van der Waals surface area contributed by atoms with Gasteiger partial charge in [-0.15, -0.1) is 0 Å². The van der Waals surface area contributed by atoms with Crippen LogP contribution in [0, 0.1) is 26.6 Å². The van der Waals surface area contributed by atoms with Crippen molar-refractivity contribution < 1.29 is 9.18 Å². The minimum Gasteiger partial charge on any atom is -0.340 e. The predicted octanol–water partition coefficient (Wildman–Crippen LogP) is 7.16. The summed E-state index contributed by atoms with van der Waals surface area (Å²) < 4.78 is 17.0. The molecule has 2 heterocycles. The fourth-order valence-electron chi connectivity index (χ4n) is 4.50. The molecule has 0 spiro atoms. The minimum atomic E-state index is -0.226. The maximum Gasteiger partial charge on any atom is 0.270 e. The molecule has 6 heteroatoms. The van der Waals surface area contributed by atoms with Crippen LogP contribution in [-0.2, 0) is 11.3 Å². The Hall–Kier alpha value is -3.22. The molecule has 0 N–H and O–H groups in total. The maximum absolute atomic E-state index is 14.4. The molecule has 0 atom stereocenters. The fourth-order valence-corrected chi connectivity index (χ4v) is 5.77. The first-order chi connectivity index (χ1) is 16.3. The topological polar surface area (TPSA) is 25.2 Å². The number of aromatic nitrogens is 1. The van der Waals surface area contributed by atoms with Crippen LogP contribution in [0.3, 0.4) is 0 Å². The lowest BCUT2D eigenvalue weighted by atomic mass is 10.1. The normalized spacial score (nSPS) is 15.2. The molecule has 1 aliphatic rings. The summed E-state index contributed by atoms with van der Waals surface area (Å²) in [4.78, 5) is 15.6. The van der Waals surface area contributed by atoms with E-state index in [-0.39, 0.29) is 11.7 Å². The summed E-state index contributed by atoms with van der Waals surface area (Å²) in [6, 6.07) is 20.8. The molecular formula is C28H23FN2OS2. The highest BCUT2D eigenvalue weighted by molar-refractivity contribution is 8.27. The molecule has 5 rings (SSSR count). The smallest absolute Gasteiger partial charge is 0.270 e. The molecule has 0 unspecified atom stereocenters. The van der Waals surface area contributed by atoms with E-state index in [2.05, 4.69) is 10.6 Å². The predicted molar refractivity (Wildman–Crippen MR) is 144 cm³/mol. The lowest BCUT2D eigenvalue weighted by Gasteiger charge is -2.17. The second-order valence-electron chi connectivity index (χ2n) is 8.50. The average Bonchev–Trinajstić information content (AvgIpc) is 3.23. The summed E-state index contributed by atoms with van der Waals surface area (Å²) >= 11 is 6.92. The van der Waals surface area contributed by atoms with Crippen molar-refractivity contribution >= 4 is 56.9 Å². The Kier molecular flexibility index (Phi) is 5.88. The van der Waals surface area contributed by atoms with Gasteiger partial charge in [0.15, 0.2) is 4.32 Å². The van der Waals surface area contributed by atoms with E-state index in [1.54, 1.807) is 17.0 Å². The van der Waals surface area contributed by atoms with Crippen molar-refractivity contribution in [1.82, 2.24) is 4.57 Å². The zero-order valence-electron chi connectivity index (χ0n) is 19.1. The number of thioether (sulfide) groups is 1. The molecular weight excluding hydrogens is 463 g/mol. The number of nitrogens with zero attached hydrogens (tertiary/aromatic N) is 2. The Morgan fingerprint density at radius 3 is 2.50 bits per heavy atom.